The average molecular weight is 472 g/mol. The van der Waals surface area contributed by atoms with Gasteiger partial charge < -0.3 is 10.1 Å². The number of ketones is 1. The number of benzene rings is 2. The summed E-state index contributed by atoms with van der Waals surface area (Å²) < 4.78 is 19.7. The summed E-state index contributed by atoms with van der Waals surface area (Å²) >= 11 is 3.20. The fraction of sp³-hybridized carbons (Fsp3) is 0.333. The van der Waals surface area contributed by atoms with Gasteiger partial charge in [-0.3, -0.25) is 9.59 Å². The number of ether oxygens (including phenoxy) is 1. The van der Waals surface area contributed by atoms with Crippen LogP contribution in [0.15, 0.2) is 58.2 Å². The topological polar surface area (TPSA) is 55.4 Å². The number of hydrogen-bond acceptors (Lipinski definition) is 3. The molecule has 0 aromatic heterocycles. The van der Waals surface area contributed by atoms with Crippen molar-refractivity contribution in [3.05, 3.63) is 75.2 Å². The van der Waals surface area contributed by atoms with E-state index in [1.165, 1.54) is 6.07 Å². The maximum atomic E-state index is 13.7. The number of allylic oxidation sites excluding steroid dienone is 2. The Bertz CT molecular complexity index is 1030. The van der Waals surface area contributed by atoms with Crippen LogP contribution < -0.4 is 10.1 Å². The van der Waals surface area contributed by atoms with E-state index in [-0.39, 0.29) is 41.9 Å². The number of carbonyl (C=O) groups excluding carboxylic acids is 2. The second-order valence-corrected chi connectivity index (χ2v) is 8.99. The Balaban J connectivity index is 1.63. The van der Waals surface area contributed by atoms with Crippen molar-refractivity contribution < 1.29 is 18.7 Å². The van der Waals surface area contributed by atoms with Gasteiger partial charge in [0.15, 0.2) is 5.78 Å². The average Bonchev–Trinajstić information content (AvgIpc) is 2.69. The smallest absolute Gasteiger partial charge is 0.225 e. The Kier molecular flexibility index (Phi) is 5.78. The lowest BCUT2D eigenvalue weighted by Crippen LogP contribution is -2.38. The molecule has 1 amide bonds. The van der Waals surface area contributed by atoms with Crippen LogP contribution in [0, 0.1) is 5.82 Å². The molecule has 0 saturated carbocycles. The van der Waals surface area contributed by atoms with Crippen molar-refractivity contribution in [2.24, 2.45) is 0 Å². The van der Waals surface area contributed by atoms with Gasteiger partial charge in [0, 0.05) is 30.0 Å². The Morgan fingerprint density at radius 2 is 1.73 bits per heavy atom. The number of amides is 1. The molecular formula is C24H23BrFNO3. The first-order chi connectivity index (χ1) is 14.3. The van der Waals surface area contributed by atoms with Gasteiger partial charge >= 0.3 is 0 Å². The lowest BCUT2D eigenvalue weighted by molar-refractivity contribution is -0.122. The number of nitrogens with one attached hydrogen (secondary N) is 1. The number of carbonyl (C=O) groups is 2. The molecule has 1 heterocycles. The van der Waals surface area contributed by atoms with E-state index in [1.54, 1.807) is 12.1 Å². The van der Waals surface area contributed by atoms with Crippen molar-refractivity contribution >= 4 is 27.6 Å². The molecule has 0 fully saturated rings. The van der Waals surface area contributed by atoms with E-state index < -0.39 is 0 Å². The van der Waals surface area contributed by atoms with Crippen molar-refractivity contribution in [3.63, 3.8) is 0 Å². The summed E-state index contributed by atoms with van der Waals surface area (Å²) in [6.45, 7) is 3.95. The zero-order valence-electron chi connectivity index (χ0n) is 16.9. The molecule has 2 aliphatic rings. The van der Waals surface area contributed by atoms with Crippen LogP contribution in [0.25, 0.3) is 0 Å². The molecule has 2 aromatic carbocycles. The first-order valence-corrected chi connectivity index (χ1v) is 10.9. The van der Waals surface area contributed by atoms with Crippen molar-refractivity contribution in [1.29, 1.82) is 0 Å². The van der Waals surface area contributed by atoms with Crippen molar-refractivity contribution in [1.82, 2.24) is 5.32 Å². The van der Waals surface area contributed by atoms with E-state index in [0.29, 0.717) is 28.6 Å². The molecule has 1 aliphatic carbocycles. The molecule has 30 heavy (non-hydrogen) atoms. The molecule has 6 heteroatoms. The molecule has 1 aliphatic heterocycles. The minimum atomic E-state index is -0.367. The summed E-state index contributed by atoms with van der Waals surface area (Å²) in [4.78, 5) is 25.5. The van der Waals surface area contributed by atoms with Gasteiger partial charge in [0.25, 0.3) is 0 Å². The Morgan fingerprint density at radius 1 is 1.03 bits per heavy atom. The molecule has 1 N–H and O–H groups in total. The summed E-state index contributed by atoms with van der Waals surface area (Å²) in [5.74, 6) is 0.00339. The standard InChI is InChI=1S/C24H23BrFNO3/c1-13(2)30-17-6-3-14(4-7-17)16-10-21-24(22(28)11-16)18(12-23(29)27-21)15-5-8-20(26)19(25)9-15/h3-9,13,16,18H,10-12H2,1-2H3,(H,27,29). The number of Topliss-reactive ketones (excluding diaryl/α,β-unsaturated/α-hetero) is 1. The second kappa shape index (κ2) is 8.34. The number of halogens is 2. The van der Waals surface area contributed by atoms with E-state index in [0.717, 1.165) is 16.9 Å². The largest absolute Gasteiger partial charge is 0.491 e. The van der Waals surface area contributed by atoms with Crippen LogP contribution in [0.3, 0.4) is 0 Å². The van der Waals surface area contributed by atoms with E-state index in [2.05, 4.69) is 21.2 Å². The molecule has 156 valence electrons. The first kappa shape index (κ1) is 20.8. The van der Waals surface area contributed by atoms with Crippen LogP contribution in [0.5, 0.6) is 5.75 Å². The quantitative estimate of drug-likeness (QED) is 0.650. The Hall–Kier alpha value is -2.47. The van der Waals surface area contributed by atoms with Crippen molar-refractivity contribution in [2.45, 2.75) is 51.0 Å². The van der Waals surface area contributed by atoms with Crippen molar-refractivity contribution in [2.75, 3.05) is 0 Å². The lowest BCUT2D eigenvalue weighted by Gasteiger charge is -2.34. The highest BCUT2D eigenvalue weighted by Crippen LogP contribution is 2.43. The SMILES string of the molecule is CC(C)Oc1ccc(C2CC(=O)C3=C(C2)NC(=O)CC3c2ccc(F)c(Br)c2)cc1. The van der Waals surface area contributed by atoms with Crippen molar-refractivity contribution in [3.8, 4) is 5.75 Å². The molecule has 0 radical (unpaired) electrons. The van der Waals surface area contributed by atoms with E-state index in [1.807, 2.05) is 38.1 Å². The lowest BCUT2D eigenvalue weighted by atomic mass is 9.73. The fourth-order valence-corrected chi connectivity index (χ4v) is 4.70. The van der Waals surface area contributed by atoms with Crippen LogP contribution >= 0.6 is 15.9 Å². The third-order valence-electron chi connectivity index (χ3n) is 5.61. The fourth-order valence-electron chi connectivity index (χ4n) is 4.30. The maximum absolute atomic E-state index is 13.7. The molecule has 4 nitrogen and oxygen atoms in total. The zero-order chi connectivity index (χ0) is 21.4. The minimum absolute atomic E-state index is 0.00311. The van der Waals surface area contributed by atoms with Gasteiger partial charge in [0.1, 0.15) is 11.6 Å². The van der Waals surface area contributed by atoms with E-state index in [9.17, 15) is 14.0 Å². The zero-order valence-corrected chi connectivity index (χ0v) is 18.5. The van der Waals surface area contributed by atoms with Crippen LogP contribution in [-0.4, -0.2) is 17.8 Å². The summed E-state index contributed by atoms with van der Waals surface area (Å²) in [5.41, 5.74) is 3.17. The van der Waals surface area contributed by atoms with Crippen LogP contribution in [0.1, 0.15) is 56.1 Å². The third kappa shape index (κ3) is 4.19. The summed E-state index contributed by atoms with van der Waals surface area (Å²) in [5, 5.41) is 2.92. The highest BCUT2D eigenvalue weighted by atomic mass is 79.9. The number of rotatable bonds is 4. The normalized spacial score (nSPS) is 21.5. The summed E-state index contributed by atoms with van der Waals surface area (Å²) in [7, 11) is 0. The molecule has 0 bridgehead atoms. The molecular weight excluding hydrogens is 449 g/mol. The predicted molar refractivity (Wildman–Crippen MR) is 116 cm³/mol. The van der Waals surface area contributed by atoms with Gasteiger partial charge in [-0.05, 0) is 77.5 Å². The highest BCUT2D eigenvalue weighted by Gasteiger charge is 2.38. The minimum Gasteiger partial charge on any atom is -0.491 e. The Labute approximate surface area is 183 Å². The molecule has 0 saturated heterocycles. The van der Waals surface area contributed by atoms with Crippen LogP contribution in [-0.2, 0) is 9.59 Å². The molecule has 4 rings (SSSR count). The Morgan fingerprint density at radius 3 is 2.40 bits per heavy atom. The van der Waals surface area contributed by atoms with Gasteiger partial charge in [-0.25, -0.2) is 4.39 Å². The highest BCUT2D eigenvalue weighted by molar-refractivity contribution is 9.10. The van der Waals surface area contributed by atoms with Crippen LogP contribution in [0.4, 0.5) is 4.39 Å². The van der Waals surface area contributed by atoms with Gasteiger partial charge in [-0.2, -0.15) is 0 Å². The molecule has 2 unspecified atom stereocenters. The van der Waals surface area contributed by atoms with Gasteiger partial charge in [-0.15, -0.1) is 0 Å². The van der Waals surface area contributed by atoms with Gasteiger partial charge in [0.05, 0.1) is 10.6 Å². The summed E-state index contributed by atoms with van der Waals surface area (Å²) in [6.07, 6.45) is 1.27. The third-order valence-corrected chi connectivity index (χ3v) is 6.21. The van der Waals surface area contributed by atoms with Gasteiger partial charge in [0.2, 0.25) is 5.91 Å². The second-order valence-electron chi connectivity index (χ2n) is 8.13. The van der Waals surface area contributed by atoms with Crippen LogP contribution in [0.2, 0.25) is 0 Å². The molecule has 2 aromatic rings. The van der Waals surface area contributed by atoms with E-state index >= 15 is 0 Å². The number of hydrogen-bond donors (Lipinski definition) is 1. The predicted octanol–water partition coefficient (Wildman–Crippen LogP) is 5.38. The molecule has 0 spiro atoms. The van der Waals surface area contributed by atoms with E-state index in [4.69, 9.17) is 4.74 Å². The summed E-state index contributed by atoms with van der Waals surface area (Å²) in [6, 6.07) is 12.5. The monoisotopic (exact) mass is 471 g/mol. The maximum Gasteiger partial charge on any atom is 0.225 e. The molecule has 2 atom stereocenters. The first-order valence-electron chi connectivity index (χ1n) is 10.1. The van der Waals surface area contributed by atoms with Gasteiger partial charge in [-0.1, -0.05) is 18.2 Å².